The monoisotopic (exact) mass is 435 g/mol. The summed E-state index contributed by atoms with van der Waals surface area (Å²) in [6.45, 7) is 5.10. The Morgan fingerprint density at radius 3 is 2.53 bits per heavy atom. The summed E-state index contributed by atoms with van der Waals surface area (Å²) in [7, 11) is 1.68. The highest BCUT2D eigenvalue weighted by Gasteiger charge is 2.30. The average Bonchev–Trinajstić information content (AvgIpc) is 3.19. The molecule has 0 radical (unpaired) electrons. The van der Waals surface area contributed by atoms with Gasteiger partial charge in [-0.05, 0) is 55.7 Å². The van der Waals surface area contributed by atoms with E-state index in [2.05, 4.69) is 42.1 Å². The Kier molecular flexibility index (Phi) is 5.79. The van der Waals surface area contributed by atoms with Crippen LogP contribution >= 0.6 is 0 Å². The van der Waals surface area contributed by atoms with Crippen LogP contribution in [0.4, 0.5) is 11.5 Å². The lowest BCUT2D eigenvalue weighted by Gasteiger charge is -2.34. The van der Waals surface area contributed by atoms with Gasteiger partial charge < -0.3 is 19.4 Å². The molecule has 4 heterocycles. The number of carbonyl (C=O) groups excluding carboxylic acids is 1. The summed E-state index contributed by atoms with van der Waals surface area (Å²) in [6.07, 6.45) is 4.32. The summed E-state index contributed by atoms with van der Waals surface area (Å²) in [5.74, 6) is 2.18. The molecule has 32 heavy (non-hydrogen) atoms. The fraction of sp³-hybridized carbons (Fsp3) is 0.478. The summed E-state index contributed by atoms with van der Waals surface area (Å²) >= 11 is 0. The smallest absolute Gasteiger partial charge is 0.225 e. The minimum atomic E-state index is 0.0948. The number of nitrogens with zero attached hydrogens (tertiary/aromatic N) is 7. The van der Waals surface area contributed by atoms with Crippen molar-refractivity contribution in [3.05, 3.63) is 42.7 Å². The largest absolute Gasteiger partial charge is 0.497 e. The van der Waals surface area contributed by atoms with Gasteiger partial charge in [0.25, 0.3) is 0 Å². The van der Waals surface area contributed by atoms with E-state index in [0.29, 0.717) is 5.91 Å². The number of benzene rings is 1. The molecule has 9 nitrogen and oxygen atoms in total. The molecular weight excluding hydrogens is 406 g/mol. The quantitative estimate of drug-likeness (QED) is 0.621. The van der Waals surface area contributed by atoms with Crippen LogP contribution in [0, 0.1) is 5.92 Å². The predicted octanol–water partition coefficient (Wildman–Crippen LogP) is 2.09. The van der Waals surface area contributed by atoms with E-state index >= 15 is 0 Å². The van der Waals surface area contributed by atoms with Gasteiger partial charge in [0.2, 0.25) is 5.91 Å². The van der Waals surface area contributed by atoms with Crippen LogP contribution in [0.5, 0.6) is 5.75 Å². The Bertz CT molecular complexity index is 1060. The Hall–Kier alpha value is -3.36. The van der Waals surface area contributed by atoms with Crippen molar-refractivity contribution in [3.8, 4) is 5.75 Å². The van der Waals surface area contributed by atoms with Crippen molar-refractivity contribution in [3.63, 3.8) is 0 Å². The third kappa shape index (κ3) is 4.19. The molecule has 2 aliphatic heterocycles. The summed E-state index contributed by atoms with van der Waals surface area (Å²) in [4.78, 5) is 19.9. The molecule has 0 atom stereocenters. The maximum atomic E-state index is 13.3. The zero-order valence-corrected chi connectivity index (χ0v) is 18.4. The van der Waals surface area contributed by atoms with Crippen molar-refractivity contribution in [2.75, 3.05) is 56.2 Å². The molecule has 1 amide bonds. The van der Waals surface area contributed by atoms with Gasteiger partial charge in [0.15, 0.2) is 5.65 Å². The normalized spacial score (nSPS) is 18.1. The molecule has 2 saturated heterocycles. The van der Waals surface area contributed by atoms with Gasteiger partial charge in [0, 0.05) is 50.9 Å². The molecule has 0 spiro atoms. The van der Waals surface area contributed by atoms with Gasteiger partial charge in [-0.25, -0.2) is 0 Å². The molecule has 1 aromatic carbocycles. The second kappa shape index (κ2) is 9.02. The lowest BCUT2D eigenvalue weighted by atomic mass is 9.95. The number of fused-ring (bicyclic) bond motifs is 1. The molecule has 0 saturated carbocycles. The number of hydrogen-bond donors (Lipinski definition) is 0. The number of methoxy groups -OCH3 is 1. The molecule has 9 heteroatoms. The van der Waals surface area contributed by atoms with E-state index in [-0.39, 0.29) is 5.92 Å². The highest BCUT2D eigenvalue weighted by Crippen LogP contribution is 2.25. The van der Waals surface area contributed by atoms with Crippen molar-refractivity contribution in [2.45, 2.75) is 19.3 Å². The third-order valence-electron chi connectivity index (χ3n) is 6.56. The molecule has 168 valence electrons. The Balaban J connectivity index is 1.16. The molecule has 5 rings (SSSR count). The average molecular weight is 436 g/mol. The lowest BCUT2D eigenvalue weighted by Crippen LogP contribution is -2.44. The van der Waals surface area contributed by atoms with Crippen LogP contribution in [-0.2, 0) is 4.79 Å². The van der Waals surface area contributed by atoms with Crippen molar-refractivity contribution >= 4 is 23.1 Å². The molecule has 0 bridgehead atoms. The maximum Gasteiger partial charge on any atom is 0.225 e. The molecular formula is C23H29N7O2. The van der Waals surface area contributed by atoms with Crippen LogP contribution < -0.4 is 14.5 Å². The molecule has 0 unspecified atom stereocenters. The van der Waals surface area contributed by atoms with E-state index in [1.54, 1.807) is 18.0 Å². The summed E-state index contributed by atoms with van der Waals surface area (Å²) < 4.78 is 6.96. The molecule has 0 aliphatic carbocycles. The Morgan fingerprint density at radius 2 is 1.75 bits per heavy atom. The summed E-state index contributed by atoms with van der Waals surface area (Å²) in [5.41, 5.74) is 1.93. The molecule has 2 aliphatic rings. The van der Waals surface area contributed by atoms with Crippen LogP contribution in [-0.4, -0.2) is 77.0 Å². The van der Waals surface area contributed by atoms with Crippen LogP contribution in [0.3, 0.4) is 0 Å². The Morgan fingerprint density at radius 1 is 0.938 bits per heavy atom. The number of piperidine rings is 1. The van der Waals surface area contributed by atoms with E-state index in [4.69, 9.17) is 4.74 Å². The number of amides is 1. The third-order valence-corrected chi connectivity index (χ3v) is 6.56. The first-order chi connectivity index (χ1) is 15.7. The van der Waals surface area contributed by atoms with Crippen LogP contribution in [0.25, 0.3) is 5.65 Å². The van der Waals surface area contributed by atoms with Crippen LogP contribution in [0.2, 0.25) is 0 Å². The zero-order valence-electron chi connectivity index (χ0n) is 18.4. The van der Waals surface area contributed by atoms with Crippen LogP contribution in [0.1, 0.15) is 19.3 Å². The molecule has 2 fully saturated rings. The van der Waals surface area contributed by atoms with Gasteiger partial charge in [-0.3, -0.25) is 4.79 Å². The number of ether oxygens (including phenoxy) is 1. The van der Waals surface area contributed by atoms with Crippen molar-refractivity contribution in [1.29, 1.82) is 0 Å². The van der Waals surface area contributed by atoms with Gasteiger partial charge in [-0.15, -0.1) is 15.3 Å². The van der Waals surface area contributed by atoms with Crippen molar-refractivity contribution < 1.29 is 9.53 Å². The first kappa shape index (κ1) is 20.5. The minimum Gasteiger partial charge on any atom is -0.497 e. The fourth-order valence-electron chi connectivity index (χ4n) is 4.69. The number of carbonyl (C=O) groups is 1. The highest BCUT2D eigenvalue weighted by molar-refractivity contribution is 5.79. The maximum absolute atomic E-state index is 13.3. The number of anilines is 2. The summed E-state index contributed by atoms with van der Waals surface area (Å²) in [5, 5.41) is 12.5. The van der Waals surface area contributed by atoms with Gasteiger partial charge >= 0.3 is 0 Å². The van der Waals surface area contributed by atoms with Crippen molar-refractivity contribution in [1.82, 2.24) is 24.7 Å². The van der Waals surface area contributed by atoms with Crippen molar-refractivity contribution in [2.24, 2.45) is 5.92 Å². The topological polar surface area (TPSA) is 79.1 Å². The van der Waals surface area contributed by atoms with Gasteiger partial charge in [-0.2, -0.15) is 4.52 Å². The fourth-order valence-corrected chi connectivity index (χ4v) is 4.69. The highest BCUT2D eigenvalue weighted by atomic mass is 16.5. The van der Waals surface area contributed by atoms with E-state index in [1.165, 1.54) is 5.69 Å². The lowest BCUT2D eigenvalue weighted by molar-refractivity contribution is -0.135. The van der Waals surface area contributed by atoms with E-state index < -0.39 is 0 Å². The Labute approximate surface area is 187 Å². The van der Waals surface area contributed by atoms with E-state index in [9.17, 15) is 4.79 Å². The number of aromatic nitrogens is 4. The first-order valence-electron chi connectivity index (χ1n) is 11.3. The second-order valence-electron chi connectivity index (χ2n) is 8.45. The van der Waals surface area contributed by atoms with Gasteiger partial charge in [0.05, 0.1) is 7.11 Å². The second-order valence-corrected chi connectivity index (χ2v) is 8.45. The number of rotatable bonds is 4. The molecule has 3 aromatic rings. The van der Waals surface area contributed by atoms with Gasteiger partial charge in [-0.1, -0.05) is 0 Å². The van der Waals surface area contributed by atoms with E-state index in [1.807, 2.05) is 24.3 Å². The SMILES string of the molecule is COc1ccc(N2CCCN(C(=O)C3CCN(c4ccc5nncn5n4)CC3)CC2)cc1. The van der Waals surface area contributed by atoms with E-state index in [0.717, 1.165) is 75.7 Å². The number of hydrogen-bond acceptors (Lipinski definition) is 7. The minimum absolute atomic E-state index is 0.0948. The molecule has 0 N–H and O–H groups in total. The first-order valence-corrected chi connectivity index (χ1v) is 11.3. The van der Waals surface area contributed by atoms with Crippen LogP contribution in [0.15, 0.2) is 42.7 Å². The zero-order chi connectivity index (χ0) is 21.9. The standard InChI is InChI=1S/C23H29N7O2/c1-32-20-5-3-19(4-6-20)27-11-2-12-29(16-15-27)23(31)18-9-13-28(14-10-18)22-8-7-21-25-24-17-30(21)26-22/h3-8,17-18H,2,9-16H2,1H3. The molecule has 2 aromatic heterocycles. The van der Waals surface area contributed by atoms with Gasteiger partial charge in [0.1, 0.15) is 17.9 Å². The summed E-state index contributed by atoms with van der Waals surface area (Å²) in [6, 6.07) is 12.1. The predicted molar refractivity (Wildman–Crippen MR) is 122 cm³/mol.